The maximum Gasteiger partial charge on any atom is 0.126 e. The quantitative estimate of drug-likeness (QED) is 0.663. The molecule has 1 aromatic carbocycles. The van der Waals surface area contributed by atoms with Crippen molar-refractivity contribution >= 4 is 0 Å². The molecule has 0 radical (unpaired) electrons. The Morgan fingerprint density at radius 2 is 2.29 bits per heavy atom. The number of likely N-dealkylation sites (N-methyl/N-ethyl adjacent to an activating group) is 1. The molecule has 2 rings (SSSR count). The third-order valence-electron chi connectivity index (χ3n) is 3.15. The molecule has 0 bridgehead atoms. The molecule has 0 spiro atoms. The summed E-state index contributed by atoms with van der Waals surface area (Å²) in [5.74, 6) is -0.0333. The summed E-state index contributed by atoms with van der Waals surface area (Å²) in [5.41, 5.74) is 2.11. The summed E-state index contributed by atoms with van der Waals surface area (Å²) in [5, 5.41) is 0. The Labute approximate surface area is 84.5 Å². The van der Waals surface area contributed by atoms with E-state index in [4.69, 9.17) is 0 Å². The Hall–Kier alpha value is -0.890. The second kappa shape index (κ2) is 3.70. The van der Waals surface area contributed by atoms with E-state index < -0.39 is 0 Å². The van der Waals surface area contributed by atoms with E-state index in [1.807, 2.05) is 6.07 Å². The highest BCUT2D eigenvalue weighted by Crippen LogP contribution is 2.31. The van der Waals surface area contributed by atoms with Crippen LogP contribution in [-0.4, -0.2) is 18.5 Å². The largest absolute Gasteiger partial charge is 0.299 e. The number of benzene rings is 1. The average molecular weight is 193 g/mol. The number of halogens is 1. The van der Waals surface area contributed by atoms with Crippen LogP contribution in [0.1, 0.15) is 30.5 Å². The molecule has 1 unspecified atom stereocenters. The van der Waals surface area contributed by atoms with Gasteiger partial charge in [-0.05, 0) is 37.1 Å². The Morgan fingerprint density at radius 3 is 3.00 bits per heavy atom. The number of nitrogens with zero attached hydrogens (tertiary/aromatic N) is 1. The van der Waals surface area contributed by atoms with Gasteiger partial charge in [-0.3, -0.25) is 4.90 Å². The maximum absolute atomic E-state index is 13.5. The molecule has 1 aliphatic rings. The molecule has 0 aliphatic carbocycles. The smallest absolute Gasteiger partial charge is 0.126 e. The SMILES string of the molecule is CCC1c2cccc(F)c2CCN1C. The van der Waals surface area contributed by atoms with Gasteiger partial charge in [0.15, 0.2) is 0 Å². The molecule has 0 N–H and O–H groups in total. The van der Waals surface area contributed by atoms with Gasteiger partial charge in [0, 0.05) is 12.6 Å². The normalized spacial score (nSPS) is 22.1. The fourth-order valence-corrected chi connectivity index (χ4v) is 2.36. The lowest BCUT2D eigenvalue weighted by Crippen LogP contribution is -2.32. The summed E-state index contributed by atoms with van der Waals surface area (Å²) >= 11 is 0. The van der Waals surface area contributed by atoms with Gasteiger partial charge in [-0.1, -0.05) is 19.1 Å². The Bertz CT molecular complexity index is 335. The first-order valence-electron chi connectivity index (χ1n) is 5.21. The highest BCUT2D eigenvalue weighted by atomic mass is 19.1. The summed E-state index contributed by atoms with van der Waals surface area (Å²) in [4.78, 5) is 2.31. The van der Waals surface area contributed by atoms with Crippen LogP contribution in [0.25, 0.3) is 0 Å². The van der Waals surface area contributed by atoms with E-state index in [1.54, 1.807) is 6.07 Å². The van der Waals surface area contributed by atoms with Crippen LogP contribution in [-0.2, 0) is 6.42 Å². The molecule has 0 saturated heterocycles. The molecule has 0 saturated carbocycles. The van der Waals surface area contributed by atoms with Gasteiger partial charge in [-0.25, -0.2) is 4.39 Å². The van der Waals surface area contributed by atoms with Crippen molar-refractivity contribution in [2.75, 3.05) is 13.6 Å². The number of hydrogen-bond donors (Lipinski definition) is 0. The van der Waals surface area contributed by atoms with Crippen molar-refractivity contribution < 1.29 is 4.39 Å². The third-order valence-corrected chi connectivity index (χ3v) is 3.15. The van der Waals surface area contributed by atoms with Gasteiger partial charge >= 0.3 is 0 Å². The van der Waals surface area contributed by atoms with Gasteiger partial charge in [0.25, 0.3) is 0 Å². The summed E-state index contributed by atoms with van der Waals surface area (Å²) in [6, 6.07) is 5.84. The topological polar surface area (TPSA) is 3.24 Å². The monoisotopic (exact) mass is 193 g/mol. The van der Waals surface area contributed by atoms with Gasteiger partial charge in [0.1, 0.15) is 5.82 Å². The van der Waals surface area contributed by atoms with Crippen molar-refractivity contribution in [3.05, 3.63) is 35.1 Å². The zero-order valence-electron chi connectivity index (χ0n) is 8.76. The van der Waals surface area contributed by atoms with E-state index in [2.05, 4.69) is 24.9 Å². The van der Waals surface area contributed by atoms with Crippen LogP contribution in [0, 0.1) is 5.82 Å². The summed E-state index contributed by atoms with van der Waals surface area (Å²) in [6.45, 7) is 3.12. The molecule has 0 fully saturated rings. The van der Waals surface area contributed by atoms with Gasteiger partial charge in [-0.15, -0.1) is 0 Å². The van der Waals surface area contributed by atoms with Crippen LogP contribution in [0.3, 0.4) is 0 Å². The minimum Gasteiger partial charge on any atom is -0.299 e. The fraction of sp³-hybridized carbons (Fsp3) is 0.500. The molecule has 1 nitrogen and oxygen atoms in total. The molecule has 1 aromatic rings. The van der Waals surface area contributed by atoms with E-state index in [1.165, 1.54) is 5.56 Å². The van der Waals surface area contributed by atoms with E-state index in [0.717, 1.165) is 24.9 Å². The minimum atomic E-state index is -0.0333. The molecule has 0 aromatic heterocycles. The van der Waals surface area contributed by atoms with Gasteiger partial charge in [0.05, 0.1) is 0 Å². The van der Waals surface area contributed by atoms with Crippen LogP contribution >= 0.6 is 0 Å². The van der Waals surface area contributed by atoms with Gasteiger partial charge < -0.3 is 0 Å². The highest BCUT2D eigenvalue weighted by molar-refractivity contribution is 5.33. The predicted octanol–water partition coefficient (Wildman–Crippen LogP) is 2.76. The molecule has 14 heavy (non-hydrogen) atoms. The van der Waals surface area contributed by atoms with Crippen LogP contribution in [0.5, 0.6) is 0 Å². The second-order valence-corrected chi connectivity index (χ2v) is 3.96. The fourth-order valence-electron chi connectivity index (χ4n) is 2.36. The summed E-state index contributed by atoms with van der Waals surface area (Å²) < 4.78 is 13.5. The minimum absolute atomic E-state index is 0.0333. The van der Waals surface area contributed by atoms with Crippen LogP contribution < -0.4 is 0 Å². The van der Waals surface area contributed by atoms with Crippen LogP contribution in [0.4, 0.5) is 4.39 Å². The second-order valence-electron chi connectivity index (χ2n) is 3.96. The summed E-state index contributed by atoms with van der Waals surface area (Å²) in [7, 11) is 2.11. The average Bonchev–Trinajstić information content (AvgIpc) is 2.18. The number of hydrogen-bond acceptors (Lipinski definition) is 1. The first-order valence-corrected chi connectivity index (χ1v) is 5.21. The first-order chi connectivity index (χ1) is 6.74. The van der Waals surface area contributed by atoms with Crippen LogP contribution in [0.2, 0.25) is 0 Å². The molecule has 76 valence electrons. The van der Waals surface area contributed by atoms with E-state index >= 15 is 0 Å². The summed E-state index contributed by atoms with van der Waals surface area (Å²) in [6.07, 6.45) is 1.89. The Morgan fingerprint density at radius 1 is 1.50 bits per heavy atom. The molecule has 1 heterocycles. The molecular weight excluding hydrogens is 177 g/mol. The highest BCUT2D eigenvalue weighted by Gasteiger charge is 2.24. The first kappa shape index (κ1) is 9.66. The van der Waals surface area contributed by atoms with Gasteiger partial charge in [0.2, 0.25) is 0 Å². The lowest BCUT2D eigenvalue weighted by molar-refractivity contribution is 0.222. The standard InChI is InChI=1S/C12H16FN/c1-3-12-10-5-4-6-11(13)9(10)7-8-14(12)2/h4-6,12H,3,7-8H2,1-2H3. The van der Waals surface area contributed by atoms with Crippen molar-refractivity contribution in [1.82, 2.24) is 4.90 Å². The third kappa shape index (κ3) is 1.44. The molecule has 1 atom stereocenters. The maximum atomic E-state index is 13.5. The lowest BCUT2D eigenvalue weighted by Gasteiger charge is -2.34. The Kier molecular flexibility index (Phi) is 2.55. The molecule has 1 aliphatic heterocycles. The van der Waals surface area contributed by atoms with E-state index in [9.17, 15) is 4.39 Å². The number of rotatable bonds is 1. The zero-order valence-corrected chi connectivity index (χ0v) is 8.76. The van der Waals surface area contributed by atoms with E-state index in [-0.39, 0.29) is 5.82 Å². The van der Waals surface area contributed by atoms with Crippen molar-refractivity contribution in [2.45, 2.75) is 25.8 Å². The lowest BCUT2D eigenvalue weighted by atomic mass is 9.91. The van der Waals surface area contributed by atoms with Crippen molar-refractivity contribution in [3.8, 4) is 0 Å². The van der Waals surface area contributed by atoms with Crippen molar-refractivity contribution in [1.29, 1.82) is 0 Å². The van der Waals surface area contributed by atoms with Crippen molar-refractivity contribution in [3.63, 3.8) is 0 Å². The predicted molar refractivity (Wildman–Crippen MR) is 55.8 cm³/mol. The zero-order chi connectivity index (χ0) is 10.1. The van der Waals surface area contributed by atoms with E-state index in [0.29, 0.717) is 6.04 Å². The Balaban J connectivity index is 2.46. The molecule has 0 amide bonds. The molecule has 2 heteroatoms. The molecular formula is C12H16FN. The number of fused-ring (bicyclic) bond motifs is 1. The van der Waals surface area contributed by atoms with Crippen molar-refractivity contribution in [2.24, 2.45) is 0 Å². The van der Waals surface area contributed by atoms with Gasteiger partial charge in [-0.2, -0.15) is 0 Å². The van der Waals surface area contributed by atoms with Crippen LogP contribution in [0.15, 0.2) is 18.2 Å².